The van der Waals surface area contributed by atoms with Crippen molar-refractivity contribution in [3.05, 3.63) is 18.2 Å². The largest absolute Gasteiger partial charge is 0.497 e. The van der Waals surface area contributed by atoms with Gasteiger partial charge in [-0.05, 0) is 25.0 Å². The molecule has 1 aromatic carbocycles. The molecule has 2 rings (SSSR count). The smallest absolute Gasteiger partial charge is 0.238 e. The van der Waals surface area contributed by atoms with E-state index in [9.17, 15) is 4.79 Å². The highest BCUT2D eigenvalue weighted by atomic mass is 16.5. The summed E-state index contributed by atoms with van der Waals surface area (Å²) in [5.74, 6) is 1.23. The first-order valence-electron chi connectivity index (χ1n) is 7.12. The molecule has 0 saturated carbocycles. The monoisotopic (exact) mass is 293 g/mol. The summed E-state index contributed by atoms with van der Waals surface area (Å²) in [5, 5.41) is 2.88. The van der Waals surface area contributed by atoms with Crippen LogP contribution in [0.25, 0.3) is 0 Å². The van der Waals surface area contributed by atoms with Crippen molar-refractivity contribution in [1.82, 2.24) is 4.90 Å². The number of carbonyl (C=O) groups is 1. The SMILES string of the molecule is COc1ccc(NC(=O)CN2CCC(N)CC2)c(OC)c1. The van der Waals surface area contributed by atoms with Gasteiger partial charge in [0.15, 0.2) is 0 Å². The van der Waals surface area contributed by atoms with Crippen molar-refractivity contribution in [1.29, 1.82) is 0 Å². The molecule has 0 bridgehead atoms. The lowest BCUT2D eigenvalue weighted by Gasteiger charge is -2.29. The van der Waals surface area contributed by atoms with Crippen LogP contribution in [0.3, 0.4) is 0 Å². The standard InChI is InChI=1S/C15H23N3O3/c1-20-12-3-4-13(14(9-12)21-2)17-15(19)10-18-7-5-11(16)6-8-18/h3-4,9,11H,5-8,10,16H2,1-2H3,(H,17,19). The molecule has 1 aliphatic heterocycles. The van der Waals surface area contributed by atoms with E-state index in [1.165, 1.54) is 0 Å². The molecule has 0 aromatic heterocycles. The number of methoxy groups -OCH3 is 2. The van der Waals surface area contributed by atoms with Crippen molar-refractivity contribution in [2.45, 2.75) is 18.9 Å². The van der Waals surface area contributed by atoms with Crippen LogP contribution < -0.4 is 20.5 Å². The van der Waals surface area contributed by atoms with E-state index in [4.69, 9.17) is 15.2 Å². The fraction of sp³-hybridized carbons (Fsp3) is 0.533. The number of nitrogens with zero attached hydrogens (tertiary/aromatic N) is 1. The lowest BCUT2D eigenvalue weighted by molar-refractivity contribution is -0.117. The Morgan fingerprint density at radius 2 is 2.05 bits per heavy atom. The van der Waals surface area contributed by atoms with Crippen LogP contribution in [-0.4, -0.2) is 50.7 Å². The van der Waals surface area contributed by atoms with Gasteiger partial charge in [-0.15, -0.1) is 0 Å². The number of likely N-dealkylation sites (tertiary alicyclic amines) is 1. The van der Waals surface area contributed by atoms with Crippen molar-refractivity contribution in [2.24, 2.45) is 5.73 Å². The molecule has 1 aliphatic rings. The molecule has 0 unspecified atom stereocenters. The van der Waals surface area contributed by atoms with Gasteiger partial charge in [-0.3, -0.25) is 9.69 Å². The third-order valence-corrected chi connectivity index (χ3v) is 3.68. The first kappa shape index (κ1) is 15.6. The van der Waals surface area contributed by atoms with Crippen LogP contribution in [0.4, 0.5) is 5.69 Å². The fourth-order valence-electron chi connectivity index (χ4n) is 2.41. The maximum absolute atomic E-state index is 12.1. The maximum atomic E-state index is 12.1. The number of hydrogen-bond acceptors (Lipinski definition) is 5. The number of benzene rings is 1. The zero-order valence-corrected chi connectivity index (χ0v) is 12.6. The number of piperidine rings is 1. The van der Waals surface area contributed by atoms with E-state index in [2.05, 4.69) is 10.2 Å². The van der Waals surface area contributed by atoms with E-state index in [1.807, 2.05) is 0 Å². The fourth-order valence-corrected chi connectivity index (χ4v) is 2.41. The molecule has 0 aliphatic carbocycles. The predicted molar refractivity (Wildman–Crippen MR) is 81.8 cm³/mol. The van der Waals surface area contributed by atoms with Crippen molar-refractivity contribution < 1.29 is 14.3 Å². The Morgan fingerprint density at radius 3 is 2.67 bits per heavy atom. The maximum Gasteiger partial charge on any atom is 0.238 e. The average Bonchev–Trinajstić information content (AvgIpc) is 2.50. The highest BCUT2D eigenvalue weighted by molar-refractivity contribution is 5.93. The topological polar surface area (TPSA) is 76.8 Å². The van der Waals surface area contributed by atoms with Gasteiger partial charge in [0.05, 0.1) is 26.5 Å². The average molecular weight is 293 g/mol. The zero-order chi connectivity index (χ0) is 15.2. The van der Waals surface area contributed by atoms with Crippen LogP contribution in [0.5, 0.6) is 11.5 Å². The summed E-state index contributed by atoms with van der Waals surface area (Å²) in [6.07, 6.45) is 1.89. The molecule has 116 valence electrons. The summed E-state index contributed by atoms with van der Waals surface area (Å²) in [6, 6.07) is 5.58. The summed E-state index contributed by atoms with van der Waals surface area (Å²) in [6.45, 7) is 2.12. The third kappa shape index (κ3) is 4.34. The van der Waals surface area contributed by atoms with E-state index in [1.54, 1.807) is 32.4 Å². The normalized spacial score (nSPS) is 16.5. The Balaban J connectivity index is 1.93. The summed E-state index contributed by atoms with van der Waals surface area (Å²) in [4.78, 5) is 14.2. The quantitative estimate of drug-likeness (QED) is 0.849. The van der Waals surface area contributed by atoms with Crippen molar-refractivity contribution >= 4 is 11.6 Å². The van der Waals surface area contributed by atoms with Gasteiger partial charge < -0.3 is 20.5 Å². The molecule has 1 amide bonds. The summed E-state index contributed by atoms with van der Waals surface area (Å²) in [7, 11) is 3.16. The van der Waals surface area contributed by atoms with E-state index in [0.29, 0.717) is 23.7 Å². The van der Waals surface area contributed by atoms with Gasteiger partial charge in [-0.2, -0.15) is 0 Å². The molecule has 1 heterocycles. The Kier molecular flexibility index (Phi) is 5.41. The first-order chi connectivity index (χ1) is 10.1. The highest BCUT2D eigenvalue weighted by Gasteiger charge is 2.18. The number of carbonyl (C=O) groups excluding carboxylic acids is 1. The molecular formula is C15H23N3O3. The minimum absolute atomic E-state index is 0.0473. The summed E-state index contributed by atoms with van der Waals surface area (Å²) >= 11 is 0. The number of anilines is 1. The van der Waals surface area contributed by atoms with Crippen LogP contribution in [0.2, 0.25) is 0 Å². The minimum atomic E-state index is -0.0473. The molecule has 1 aromatic rings. The number of amides is 1. The Labute approximate surface area is 125 Å². The molecule has 1 fully saturated rings. The van der Waals surface area contributed by atoms with Crippen LogP contribution in [-0.2, 0) is 4.79 Å². The molecule has 6 nitrogen and oxygen atoms in total. The Hall–Kier alpha value is -1.79. The van der Waals surface area contributed by atoms with Gasteiger partial charge in [0.2, 0.25) is 5.91 Å². The number of ether oxygens (including phenoxy) is 2. The molecule has 1 saturated heterocycles. The summed E-state index contributed by atoms with van der Waals surface area (Å²) < 4.78 is 10.4. The molecule has 0 radical (unpaired) electrons. The number of nitrogens with two attached hydrogens (primary N) is 1. The summed E-state index contributed by atoms with van der Waals surface area (Å²) in [5.41, 5.74) is 6.51. The number of rotatable bonds is 5. The van der Waals surface area contributed by atoms with Crippen LogP contribution in [0, 0.1) is 0 Å². The Morgan fingerprint density at radius 1 is 1.33 bits per heavy atom. The number of nitrogens with one attached hydrogen (secondary N) is 1. The van der Waals surface area contributed by atoms with E-state index in [0.717, 1.165) is 25.9 Å². The van der Waals surface area contributed by atoms with Crippen LogP contribution in [0.1, 0.15) is 12.8 Å². The lowest BCUT2D eigenvalue weighted by atomic mass is 10.1. The second-order valence-electron chi connectivity index (χ2n) is 5.23. The van der Waals surface area contributed by atoms with Gasteiger partial charge in [-0.25, -0.2) is 0 Å². The molecule has 0 spiro atoms. The molecule has 3 N–H and O–H groups in total. The molecular weight excluding hydrogens is 270 g/mol. The van der Waals surface area contributed by atoms with Gasteiger partial charge in [0, 0.05) is 25.2 Å². The van der Waals surface area contributed by atoms with E-state index < -0.39 is 0 Å². The predicted octanol–water partition coefficient (Wildman–Crippen LogP) is 1.07. The zero-order valence-electron chi connectivity index (χ0n) is 12.6. The van der Waals surface area contributed by atoms with E-state index in [-0.39, 0.29) is 11.9 Å². The Bertz CT molecular complexity index is 485. The van der Waals surface area contributed by atoms with Crippen molar-refractivity contribution in [2.75, 3.05) is 39.2 Å². The number of hydrogen-bond donors (Lipinski definition) is 2. The second-order valence-corrected chi connectivity index (χ2v) is 5.23. The van der Waals surface area contributed by atoms with Crippen LogP contribution >= 0.6 is 0 Å². The molecule has 6 heteroatoms. The van der Waals surface area contributed by atoms with Crippen molar-refractivity contribution in [3.63, 3.8) is 0 Å². The van der Waals surface area contributed by atoms with Gasteiger partial charge in [-0.1, -0.05) is 0 Å². The molecule has 0 atom stereocenters. The van der Waals surface area contributed by atoms with Crippen LogP contribution in [0.15, 0.2) is 18.2 Å². The highest BCUT2D eigenvalue weighted by Crippen LogP contribution is 2.28. The van der Waals surface area contributed by atoms with Crippen molar-refractivity contribution in [3.8, 4) is 11.5 Å². The lowest BCUT2D eigenvalue weighted by Crippen LogP contribution is -2.43. The first-order valence-corrected chi connectivity index (χ1v) is 7.12. The van der Waals surface area contributed by atoms with Gasteiger partial charge in [0.1, 0.15) is 11.5 Å². The molecule has 21 heavy (non-hydrogen) atoms. The minimum Gasteiger partial charge on any atom is -0.497 e. The third-order valence-electron chi connectivity index (χ3n) is 3.68. The second kappa shape index (κ2) is 7.28. The van der Waals surface area contributed by atoms with E-state index >= 15 is 0 Å². The van der Waals surface area contributed by atoms with Gasteiger partial charge in [0.25, 0.3) is 0 Å². The van der Waals surface area contributed by atoms with Gasteiger partial charge >= 0.3 is 0 Å².